The maximum Gasteiger partial charge on any atom is 0.0854 e. The third kappa shape index (κ3) is 5.29. The number of halogens is 1. The Morgan fingerprint density at radius 3 is 2.14 bits per heavy atom. The summed E-state index contributed by atoms with van der Waals surface area (Å²) in [7, 11) is -1.39. The number of aryl methyl sites for hydroxylation is 1. The first-order valence-corrected chi connectivity index (χ1v) is 11.5. The molecule has 0 saturated carbocycles. The number of hydrogen-bond acceptors (Lipinski definition) is 0. The summed E-state index contributed by atoms with van der Waals surface area (Å²) in [6, 6.07) is 22.8. The number of allylic oxidation sites excluding steroid dienone is 2. The third-order valence-electron chi connectivity index (χ3n) is 3.81. The molecule has 110 valence electrons. The summed E-state index contributed by atoms with van der Waals surface area (Å²) in [6.45, 7) is 4.88. The van der Waals surface area contributed by atoms with E-state index in [0.29, 0.717) is 0 Å². The zero-order chi connectivity index (χ0) is 15.1. The summed E-state index contributed by atoms with van der Waals surface area (Å²) < 4.78 is 1.36. The molecule has 0 nitrogen and oxygen atoms in total. The molecule has 0 spiro atoms. The topological polar surface area (TPSA) is 0 Å². The fourth-order valence-corrected chi connectivity index (χ4v) is 7.15. The molecule has 0 radical (unpaired) electrons. The van der Waals surface area contributed by atoms with E-state index in [1.54, 1.807) is 0 Å². The lowest BCUT2D eigenvalue weighted by Gasteiger charge is -2.22. The molecule has 0 aliphatic rings. The van der Waals surface area contributed by atoms with E-state index < -0.39 is 8.07 Å². The number of hydrogen-bond donors (Lipinski definition) is 0. The predicted molar refractivity (Wildman–Crippen MR) is 100 cm³/mol. The second-order valence-electron chi connectivity index (χ2n) is 6.10. The average molecular weight is 359 g/mol. The second kappa shape index (κ2) is 7.76. The summed E-state index contributed by atoms with van der Waals surface area (Å²) in [5, 5.41) is 1.53. The molecule has 0 amide bonds. The van der Waals surface area contributed by atoms with Crippen LogP contribution in [0.25, 0.3) is 0 Å². The lowest BCUT2D eigenvalue weighted by molar-refractivity contribution is 0.997. The van der Waals surface area contributed by atoms with Gasteiger partial charge in [-0.25, -0.2) is 0 Å². The molecular weight excluding hydrogens is 336 g/mol. The lowest BCUT2D eigenvalue weighted by atomic mass is 10.1. The summed E-state index contributed by atoms with van der Waals surface area (Å²) in [5.74, 6) is 0. The third-order valence-corrected chi connectivity index (χ3v) is 8.09. The molecular formula is C19H23BrSi. The Balaban J connectivity index is 1.91. The Hall–Kier alpha value is -1.12. The molecule has 0 aromatic heterocycles. The van der Waals surface area contributed by atoms with Crippen molar-refractivity contribution in [3.05, 3.63) is 76.8 Å². The van der Waals surface area contributed by atoms with Gasteiger partial charge in [-0.1, -0.05) is 101 Å². The molecule has 2 aromatic rings. The molecule has 21 heavy (non-hydrogen) atoms. The van der Waals surface area contributed by atoms with Gasteiger partial charge in [-0.3, -0.25) is 0 Å². The van der Waals surface area contributed by atoms with Crippen LogP contribution in [0, 0.1) is 0 Å². The van der Waals surface area contributed by atoms with Crippen molar-refractivity contribution in [3.63, 3.8) is 0 Å². The van der Waals surface area contributed by atoms with Crippen LogP contribution in [0.1, 0.15) is 12.0 Å². The van der Waals surface area contributed by atoms with Crippen LogP contribution in [0.3, 0.4) is 0 Å². The Bertz CT molecular complexity index is 573. The van der Waals surface area contributed by atoms with E-state index in [1.165, 1.54) is 21.3 Å². The van der Waals surface area contributed by atoms with Gasteiger partial charge in [0.2, 0.25) is 0 Å². The Labute approximate surface area is 138 Å². The maximum absolute atomic E-state index is 3.78. The fourth-order valence-electron chi connectivity index (χ4n) is 2.53. The fraction of sp³-hybridized carbons (Fsp3) is 0.263. The maximum atomic E-state index is 3.78. The van der Waals surface area contributed by atoms with E-state index in [0.717, 1.165) is 12.8 Å². The van der Waals surface area contributed by atoms with Gasteiger partial charge in [0.15, 0.2) is 0 Å². The predicted octanol–water partition coefficient (Wildman–Crippen LogP) is 5.51. The molecule has 2 rings (SSSR count). The zero-order valence-corrected chi connectivity index (χ0v) is 15.4. The Morgan fingerprint density at radius 2 is 1.52 bits per heavy atom. The van der Waals surface area contributed by atoms with Crippen molar-refractivity contribution in [2.75, 3.05) is 0 Å². The van der Waals surface area contributed by atoms with Crippen LogP contribution in [-0.2, 0) is 6.42 Å². The van der Waals surface area contributed by atoms with Crippen LogP contribution in [-0.4, -0.2) is 8.07 Å². The van der Waals surface area contributed by atoms with E-state index in [9.17, 15) is 0 Å². The van der Waals surface area contributed by atoms with Crippen LogP contribution in [0.5, 0.6) is 0 Å². The van der Waals surface area contributed by atoms with E-state index in [1.807, 2.05) is 0 Å². The van der Waals surface area contributed by atoms with Crippen LogP contribution in [0.2, 0.25) is 19.1 Å². The van der Waals surface area contributed by atoms with Crippen LogP contribution in [0.4, 0.5) is 0 Å². The normalized spacial score (nSPS) is 12.4. The smallest absolute Gasteiger partial charge is 0.0743 e. The van der Waals surface area contributed by atoms with Gasteiger partial charge < -0.3 is 0 Å². The van der Waals surface area contributed by atoms with E-state index in [2.05, 4.69) is 95.8 Å². The van der Waals surface area contributed by atoms with Gasteiger partial charge in [0.25, 0.3) is 0 Å². The molecule has 0 atom stereocenters. The highest BCUT2D eigenvalue weighted by atomic mass is 79.9. The quantitative estimate of drug-likeness (QED) is 0.596. The van der Waals surface area contributed by atoms with Crippen molar-refractivity contribution < 1.29 is 0 Å². The van der Waals surface area contributed by atoms with Gasteiger partial charge in [-0.15, -0.1) is 0 Å². The average Bonchev–Trinajstić information content (AvgIpc) is 2.49. The molecule has 0 fully saturated rings. The molecule has 0 unspecified atom stereocenters. The van der Waals surface area contributed by atoms with Gasteiger partial charge >= 0.3 is 0 Å². The zero-order valence-electron chi connectivity index (χ0n) is 12.9. The second-order valence-corrected chi connectivity index (χ2v) is 11.8. The summed E-state index contributed by atoms with van der Waals surface area (Å²) in [4.78, 5) is 0. The SMILES string of the molecule is C[Si](C)(C/C(Br)=C/CCc1ccccc1)c1ccccc1. The highest BCUT2D eigenvalue weighted by Crippen LogP contribution is 2.22. The standard InChI is InChI=1S/C19H23BrSi/c1-21(2,19-14-7-4-8-15-19)16-18(20)13-9-12-17-10-5-3-6-11-17/h3-8,10-11,13-15H,9,12,16H2,1-2H3/b18-13-. The Kier molecular flexibility index (Phi) is 6.01. The van der Waals surface area contributed by atoms with Gasteiger partial charge in [0, 0.05) is 0 Å². The largest absolute Gasteiger partial charge is 0.0854 e. The first kappa shape index (κ1) is 16.3. The molecule has 0 aliphatic heterocycles. The van der Waals surface area contributed by atoms with E-state index in [-0.39, 0.29) is 0 Å². The van der Waals surface area contributed by atoms with E-state index in [4.69, 9.17) is 0 Å². The minimum Gasteiger partial charge on any atom is -0.0743 e. The monoisotopic (exact) mass is 358 g/mol. The summed E-state index contributed by atoms with van der Waals surface area (Å²) in [5.41, 5.74) is 1.41. The summed E-state index contributed by atoms with van der Waals surface area (Å²) in [6.07, 6.45) is 4.57. The van der Waals surface area contributed by atoms with Gasteiger partial charge in [0.1, 0.15) is 0 Å². The van der Waals surface area contributed by atoms with Crippen molar-refractivity contribution in [3.8, 4) is 0 Å². The first-order chi connectivity index (χ1) is 10.1. The van der Waals surface area contributed by atoms with Crippen LogP contribution in [0.15, 0.2) is 71.2 Å². The van der Waals surface area contributed by atoms with Gasteiger partial charge in [0.05, 0.1) is 8.07 Å². The molecule has 0 saturated heterocycles. The van der Waals surface area contributed by atoms with E-state index >= 15 is 0 Å². The molecule has 2 heteroatoms. The highest BCUT2D eigenvalue weighted by molar-refractivity contribution is 9.11. The molecule has 0 aliphatic carbocycles. The van der Waals surface area contributed by atoms with Gasteiger partial charge in [-0.05, 0) is 28.9 Å². The minimum atomic E-state index is -1.39. The first-order valence-electron chi connectivity index (χ1n) is 7.52. The summed E-state index contributed by atoms with van der Waals surface area (Å²) >= 11 is 3.78. The van der Waals surface area contributed by atoms with Crippen molar-refractivity contribution in [2.45, 2.75) is 32.0 Å². The highest BCUT2D eigenvalue weighted by Gasteiger charge is 2.23. The molecule has 2 aromatic carbocycles. The number of benzene rings is 2. The van der Waals surface area contributed by atoms with Crippen LogP contribution >= 0.6 is 15.9 Å². The Morgan fingerprint density at radius 1 is 0.952 bits per heavy atom. The van der Waals surface area contributed by atoms with Gasteiger partial charge in [-0.2, -0.15) is 0 Å². The van der Waals surface area contributed by atoms with Crippen molar-refractivity contribution >= 4 is 29.2 Å². The van der Waals surface area contributed by atoms with Crippen molar-refractivity contribution in [1.82, 2.24) is 0 Å². The van der Waals surface area contributed by atoms with Crippen molar-refractivity contribution in [2.24, 2.45) is 0 Å². The lowest BCUT2D eigenvalue weighted by Crippen LogP contribution is -2.40. The molecule has 0 N–H and O–H groups in total. The van der Waals surface area contributed by atoms with Crippen molar-refractivity contribution in [1.29, 1.82) is 0 Å². The number of rotatable bonds is 6. The minimum absolute atomic E-state index is 1.10. The molecule has 0 bridgehead atoms. The molecule has 0 heterocycles. The van der Waals surface area contributed by atoms with Crippen LogP contribution < -0.4 is 5.19 Å².